The highest BCUT2D eigenvalue weighted by Crippen LogP contribution is 2.51. The van der Waals surface area contributed by atoms with E-state index in [-0.39, 0.29) is 0 Å². The average Bonchev–Trinajstić information content (AvgIpc) is 3.34. The Labute approximate surface area is 147 Å². The van der Waals surface area contributed by atoms with Crippen molar-refractivity contribution in [2.75, 3.05) is 6.54 Å². The van der Waals surface area contributed by atoms with E-state index in [4.69, 9.17) is 0 Å². The minimum Gasteiger partial charge on any atom is -0.310 e. The fourth-order valence-corrected chi connectivity index (χ4v) is 3.82. The molecule has 0 amide bonds. The molecule has 2 aromatic carbocycles. The first-order valence-corrected chi connectivity index (χ1v) is 9.55. The van der Waals surface area contributed by atoms with E-state index in [1.54, 1.807) is 0 Å². The number of nitrogens with one attached hydrogen (secondary N) is 1. The number of rotatable bonds is 9. The smallest absolute Gasteiger partial charge is 0.0320 e. The highest BCUT2D eigenvalue weighted by atomic mass is 14.9. The van der Waals surface area contributed by atoms with Crippen LogP contribution in [0, 0.1) is 12.3 Å². The number of hydrogen-bond donors (Lipinski definition) is 1. The van der Waals surface area contributed by atoms with Gasteiger partial charge in [-0.15, -0.1) is 0 Å². The van der Waals surface area contributed by atoms with Gasteiger partial charge in [0.2, 0.25) is 0 Å². The minimum atomic E-state index is 0.506. The van der Waals surface area contributed by atoms with E-state index in [2.05, 4.69) is 73.8 Å². The first-order chi connectivity index (χ1) is 11.7. The standard InChI is InChI=1S/C23H31N/c1-3-8-22(21-11-5-4-6-12-21)24-16-15-23(13-14-23)18-20-10-7-9-19(2)17-20/h4-7,9-12,17,22,24H,3,8,13-16,18H2,1-2H3. The fourth-order valence-electron chi connectivity index (χ4n) is 3.82. The van der Waals surface area contributed by atoms with Gasteiger partial charge in [-0.1, -0.05) is 73.5 Å². The van der Waals surface area contributed by atoms with Crippen molar-refractivity contribution < 1.29 is 0 Å². The van der Waals surface area contributed by atoms with Crippen molar-refractivity contribution in [3.63, 3.8) is 0 Å². The molecule has 1 N–H and O–H groups in total. The summed E-state index contributed by atoms with van der Waals surface area (Å²) in [7, 11) is 0. The summed E-state index contributed by atoms with van der Waals surface area (Å²) in [5, 5.41) is 3.83. The van der Waals surface area contributed by atoms with Crippen LogP contribution in [0.25, 0.3) is 0 Å². The third-order valence-electron chi connectivity index (χ3n) is 5.44. The Morgan fingerprint density at radius 3 is 2.50 bits per heavy atom. The van der Waals surface area contributed by atoms with Gasteiger partial charge in [0.25, 0.3) is 0 Å². The second kappa shape index (κ2) is 7.98. The van der Waals surface area contributed by atoms with Gasteiger partial charge in [0, 0.05) is 6.04 Å². The molecule has 0 aromatic heterocycles. The monoisotopic (exact) mass is 321 g/mol. The van der Waals surface area contributed by atoms with Crippen LogP contribution in [0.15, 0.2) is 54.6 Å². The lowest BCUT2D eigenvalue weighted by Crippen LogP contribution is -2.25. The molecule has 1 nitrogen and oxygen atoms in total. The highest BCUT2D eigenvalue weighted by Gasteiger charge is 2.41. The summed E-state index contributed by atoms with van der Waals surface area (Å²) in [6, 6.07) is 20.5. The normalized spacial score (nSPS) is 16.8. The first-order valence-electron chi connectivity index (χ1n) is 9.55. The third kappa shape index (κ3) is 4.70. The topological polar surface area (TPSA) is 12.0 Å². The van der Waals surface area contributed by atoms with Crippen molar-refractivity contribution in [3.05, 3.63) is 71.3 Å². The van der Waals surface area contributed by atoms with E-state index in [9.17, 15) is 0 Å². The van der Waals surface area contributed by atoms with Gasteiger partial charge in [0.05, 0.1) is 0 Å². The van der Waals surface area contributed by atoms with Gasteiger partial charge in [0.1, 0.15) is 0 Å². The average molecular weight is 322 g/mol. The molecule has 1 saturated carbocycles. The molecule has 3 rings (SSSR count). The fraction of sp³-hybridized carbons (Fsp3) is 0.478. The zero-order valence-electron chi connectivity index (χ0n) is 15.2. The minimum absolute atomic E-state index is 0.506. The summed E-state index contributed by atoms with van der Waals surface area (Å²) in [5.74, 6) is 0. The molecule has 1 aliphatic carbocycles. The maximum Gasteiger partial charge on any atom is 0.0320 e. The summed E-state index contributed by atoms with van der Waals surface area (Å²) in [6.45, 7) is 5.60. The van der Waals surface area contributed by atoms with E-state index in [1.807, 2.05) is 0 Å². The van der Waals surface area contributed by atoms with Crippen LogP contribution in [0.1, 0.15) is 61.8 Å². The zero-order valence-corrected chi connectivity index (χ0v) is 15.2. The third-order valence-corrected chi connectivity index (χ3v) is 5.44. The summed E-state index contributed by atoms with van der Waals surface area (Å²) in [6.07, 6.45) is 7.78. The molecule has 0 radical (unpaired) electrons. The molecule has 2 aromatic rings. The van der Waals surface area contributed by atoms with Gasteiger partial charge in [0.15, 0.2) is 0 Å². The zero-order chi connectivity index (χ0) is 16.8. The van der Waals surface area contributed by atoms with Crippen LogP contribution in [-0.2, 0) is 6.42 Å². The van der Waals surface area contributed by atoms with E-state index in [1.165, 1.54) is 55.2 Å². The molecular formula is C23H31N. The van der Waals surface area contributed by atoms with E-state index in [0.717, 1.165) is 6.54 Å². The van der Waals surface area contributed by atoms with Gasteiger partial charge < -0.3 is 5.32 Å². The summed E-state index contributed by atoms with van der Waals surface area (Å²) >= 11 is 0. The van der Waals surface area contributed by atoms with Gasteiger partial charge >= 0.3 is 0 Å². The molecule has 0 aliphatic heterocycles. The Balaban J connectivity index is 1.53. The van der Waals surface area contributed by atoms with E-state index < -0.39 is 0 Å². The highest BCUT2D eigenvalue weighted by molar-refractivity contribution is 5.24. The molecule has 0 saturated heterocycles. The Hall–Kier alpha value is -1.60. The molecule has 1 heteroatoms. The van der Waals surface area contributed by atoms with E-state index >= 15 is 0 Å². The van der Waals surface area contributed by atoms with Crippen LogP contribution in [-0.4, -0.2) is 6.54 Å². The van der Waals surface area contributed by atoms with Crippen molar-refractivity contribution in [2.45, 2.75) is 58.4 Å². The summed E-state index contributed by atoms with van der Waals surface area (Å²) in [4.78, 5) is 0. The Morgan fingerprint density at radius 1 is 1.04 bits per heavy atom. The second-order valence-corrected chi connectivity index (χ2v) is 7.62. The Morgan fingerprint density at radius 2 is 1.83 bits per heavy atom. The predicted molar refractivity (Wildman–Crippen MR) is 103 cm³/mol. The predicted octanol–water partition coefficient (Wildman–Crippen LogP) is 5.84. The number of benzene rings is 2. The van der Waals surface area contributed by atoms with Crippen molar-refractivity contribution in [2.24, 2.45) is 5.41 Å². The molecule has 0 bridgehead atoms. The molecule has 0 spiro atoms. The molecule has 0 heterocycles. The van der Waals surface area contributed by atoms with Crippen molar-refractivity contribution >= 4 is 0 Å². The molecule has 1 atom stereocenters. The Bertz CT molecular complexity index is 627. The van der Waals surface area contributed by atoms with Crippen LogP contribution in [0.2, 0.25) is 0 Å². The van der Waals surface area contributed by atoms with Gasteiger partial charge in [-0.25, -0.2) is 0 Å². The maximum atomic E-state index is 3.83. The first kappa shape index (κ1) is 17.2. The molecular weight excluding hydrogens is 290 g/mol. The lowest BCUT2D eigenvalue weighted by molar-refractivity contribution is 0.407. The maximum absolute atomic E-state index is 3.83. The van der Waals surface area contributed by atoms with Gasteiger partial charge in [-0.3, -0.25) is 0 Å². The molecule has 24 heavy (non-hydrogen) atoms. The lowest BCUT2D eigenvalue weighted by Gasteiger charge is -2.21. The van der Waals surface area contributed by atoms with Crippen LogP contribution < -0.4 is 5.32 Å². The van der Waals surface area contributed by atoms with Crippen LogP contribution in [0.3, 0.4) is 0 Å². The quantitative estimate of drug-likeness (QED) is 0.612. The van der Waals surface area contributed by atoms with E-state index in [0.29, 0.717) is 11.5 Å². The van der Waals surface area contributed by atoms with Crippen LogP contribution >= 0.6 is 0 Å². The Kier molecular flexibility index (Phi) is 5.73. The van der Waals surface area contributed by atoms with Gasteiger partial charge in [-0.2, -0.15) is 0 Å². The van der Waals surface area contributed by atoms with Crippen molar-refractivity contribution in [1.29, 1.82) is 0 Å². The lowest BCUT2D eigenvalue weighted by atomic mass is 9.92. The molecule has 1 fully saturated rings. The summed E-state index contributed by atoms with van der Waals surface area (Å²) in [5.41, 5.74) is 4.89. The SMILES string of the molecule is CCCC(NCCC1(Cc2cccc(C)c2)CC1)c1ccccc1. The number of aryl methyl sites for hydroxylation is 1. The van der Waals surface area contributed by atoms with Crippen LogP contribution in [0.4, 0.5) is 0 Å². The molecule has 128 valence electrons. The summed E-state index contributed by atoms with van der Waals surface area (Å²) < 4.78 is 0. The molecule has 1 unspecified atom stereocenters. The largest absolute Gasteiger partial charge is 0.310 e. The number of hydrogen-bond acceptors (Lipinski definition) is 1. The van der Waals surface area contributed by atoms with Crippen LogP contribution in [0.5, 0.6) is 0 Å². The molecule has 1 aliphatic rings. The van der Waals surface area contributed by atoms with Crippen molar-refractivity contribution in [1.82, 2.24) is 5.32 Å². The van der Waals surface area contributed by atoms with Gasteiger partial charge in [-0.05, 0) is 62.1 Å². The second-order valence-electron chi connectivity index (χ2n) is 7.62. The van der Waals surface area contributed by atoms with Crippen molar-refractivity contribution in [3.8, 4) is 0 Å².